The Morgan fingerprint density at radius 1 is 1.13 bits per heavy atom. The van der Waals surface area contributed by atoms with Gasteiger partial charge in [-0.1, -0.05) is 31.2 Å². The Morgan fingerprint density at radius 3 is 2.71 bits per heavy atom. The van der Waals surface area contributed by atoms with Crippen molar-refractivity contribution in [3.8, 4) is 11.5 Å². The number of nitrogens with one attached hydrogen (secondary N) is 2. The fourth-order valence-corrected chi connectivity index (χ4v) is 3.84. The van der Waals surface area contributed by atoms with Crippen LogP contribution in [-0.2, 0) is 6.42 Å². The minimum atomic E-state index is -0.288. The number of halogens is 1. The number of nitrogens with zero attached hydrogens (tertiary/aromatic N) is 1. The van der Waals surface area contributed by atoms with Crippen molar-refractivity contribution >= 4 is 56.0 Å². The van der Waals surface area contributed by atoms with Crippen molar-refractivity contribution in [1.82, 2.24) is 10.3 Å². The quantitative estimate of drug-likeness (QED) is 0.328. The summed E-state index contributed by atoms with van der Waals surface area (Å²) in [5, 5.41) is 6.04. The van der Waals surface area contributed by atoms with Crippen LogP contribution in [0.1, 0.15) is 28.4 Å². The van der Waals surface area contributed by atoms with Crippen LogP contribution in [0.15, 0.2) is 69.6 Å². The van der Waals surface area contributed by atoms with Crippen molar-refractivity contribution in [3.63, 3.8) is 0 Å². The second-order valence-electron chi connectivity index (χ2n) is 7.09. The third-order valence-electron chi connectivity index (χ3n) is 4.94. The average Bonchev–Trinajstić information content (AvgIpc) is 3.18. The van der Waals surface area contributed by atoms with Crippen LogP contribution in [0.4, 0.5) is 5.69 Å². The molecule has 1 aromatic heterocycles. The van der Waals surface area contributed by atoms with E-state index in [2.05, 4.69) is 38.5 Å². The SMILES string of the molecule is CCc1ccc2oc(-c3ccc(C)c(NC(=S)NC(=O)c4ccccc4Br)c3)nc2c1. The van der Waals surface area contributed by atoms with Gasteiger partial charge in [0, 0.05) is 15.7 Å². The van der Waals surface area contributed by atoms with Crippen molar-refractivity contribution in [2.24, 2.45) is 0 Å². The zero-order valence-electron chi connectivity index (χ0n) is 17.0. The maximum atomic E-state index is 12.5. The highest BCUT2D eigenvalue weighted by molar-refractivity contribution is 9.10. The summed E-state index contributed by atoms with van der Waals surface area (Å²) in [6.07, 6.45) is 0.944. The van der Waals surface area contributed by atoms with Gasteiger partial charge in [0.25, 0.3) is 5.91 Å². The Labute approximate surface area is 194 Å². The molecule has 0 aliphatic carbocycles. The number of oxazole rings is 1. The number of carbonyl (C=O) groups is 1. The predicted molar refractivity (Wildman–Crippen MR) is 131 cm³/mol. The van der Waals surface area contributed by atoms with Gasteiger partial charge in [0.2, 0.25) is 5.89 Å². The molecule has 1 amide bonds. The van der Waals surface area contributed by atoms with E-state index in [4.69, 9.17) is 16.6 Å². The number of rotatable bonds is 4. The molecule has 0 radical (unpaired) electrons. The van der Waals surface area contributed by atoms with Gasteiger partial charge < -0.3 is 9.73 Å². The van der Waals surface area contributed by atoms with Crippen molar-refractivity contribution in [2.75, 3.05) is 5.32 Å². The summed E-state index contributed by atoms with van der Waals surface area (Å²) in [6, 6.07) is 19.1. The van der Waals surface area contributed by atoms with Crippen LogP contribution >= 0.6 is 28.1 Å². The number of hydrogen-bond acceptors (Lipinski definition) is 4. The van der Waals surface area contributed by atoms with Gasteiger partial charge >= 0.3 is 0 Å². The van der Waals surface area contributed by atoms with E-state index >= 15 is 0 Å². The molecule has 1 heterocycles. The van der Waals surface area contributed by atoms with E-state index in [-0.39, 0.29) is 11.0 Å². The molecule has 5 nitrogen and oxygen atoms in total. The normalized spacial score (nSPS) is 10.8. The lowest BCUT2D eigenvalue weighted by atomic mass is 10.1. The van der Waals surface area contributed by atoms with Crippen LogP contribution in [0.2, 0.25) is 0 Å². The third kappa shape index (κ3) is 4.68. The molecule has 4 rings (SSSR count). The second-order valence-corrected chi connectivity index (χ2v) is 8.36. The average molecular weight is 494 g/mol. The first kappa shape index (κ1) is 21.2. The van der Waals surface area contributed by atoms with Gasteiger partial charge in [-0.25, -0.2) is 4.98 Å². The molecule has 3 aromatic carbocycles. The van der Waals surface area contributed by atoms with E-state index in [0.29, 0.717) is 15.9 Å². The highest BCUT2D eigenvalue weighted by Crippen LogP contribution is 2.28. The number of anilines is 1. The number of fused-ring (bicyclic) bond motifs is 1. The third-order valence-corrected chi connectivity index (χ3v) is 5.83. The molecule has 0 aliphatic heterocycles. The summed E-state index contributed by atoms with van der Waals surface area (Å²) in [5.74, 6) is 0.249. The molecule has 156 valence electrons. The number of benzene rings is 3. The fourth-order valence-electron chi connectivity index (χ4n) is 3.18. The minimum Gasteiger partial charge on any atom is -0.436 e. The lowest BCUT2D eigenvalue weighted by Crippen LogP contribution is -2.34. The number of thiocarbonyl (C=S) groups is 1. The molecule has 31 heavy (non-hydrogen) atoms. The van der Waals surface area contributed by atoms with Crippen molar-refractivity contribution in [2.45, 2.75) is 20.3 Å². The molecule has 0 saturated heterocycles. The number of aromatic nitrogens is 1. The smallest absolute Gasteiger partial charge is 0.258 e. The van der Waals surface area contributed by atoms with Crippen LogP contribution in [0.3, 0.4) is 0 Å². The largest absolute Gasteiger partial charge is 0.436 e. The first-order chi connectivity index (χ1) is 14.9. The van der Waals surface area contributed by atoms with E-state index in [1.54, 1.807) is 12.1 Å². The Hall–Kier alpha value is -3.03. The molecule has 0 bridgehead atoms. The molecule has 0 spiro atoms. The van der Waals surface area contributed by atoms with Crippen LogP contribution < -0.4 is 10.6 Å². The Kier molecular flexibility index (Phi) is 6.15. The number of aryl methyl sites for hydroxylation is 2. The van der Waals surface area contributed by atoms with Crippen LogP contribution in [0, 0.1) is 6.92 Å². The molecule has 2 N–H and O–H groups in total. The second kappa shape index (κ2) is 8.99. The summed E-state index contributed by atoms with van der Waals surface area (Å²) in [4.78, 5) is 17.1. The van der Waals surface area contributed by atoms with E-state index < -0.39 is 0 Å². The maximum absolute atomic E-state index is 12.5. The molecule has 0 fully saturated rings. The lowest BCUT2D eigenvalue weighted by molar-refractivity contribution is 0.0977. The van der Waals surface area contributed by atoms with Gasteiger partial charge in [0.15, 0.2) is 10.7 Å². The number of carbonyl (C=O) groups excluding carboxylic acids is 1. The molecule has 7 heteroatoms. The summed E-state index contributed by atoms with van der Waals surface area (Å²) >= 11 is 8.74. The molecule has 4 aromatic rings. The zero-order chi connectivity index (χ0) is 22.0. The van der Waals surface area contributed by atoms with Crippen molar-refractivity contribution < 1.29 is 9.21 Å². The summed E-state index contributed by atoms with van der Waals surface area (Å²) in [5.41, 5.74) is 5.87. The van der Waals surface area contributed by atoms with Crippen LogP contribution in [0.5, 0.6) is 0 Å². The molecule has 0 unspecified atom stereocenters. The van der Waals surface area contributed by atoms with Crippen molar-refractivity contribution in [1.29, 1.82) is 0 Å². The zero-order valence-corrected chi connectivity index (χ0v) is 19.4. The maximum Gasteiger partial charge on any atom is 0.258 e. The topological polar surface area (TPSA) is 67.2 Å². The van der Waals surface area contributed by atoms with Gasteiger partial charge in [-0.15, -0.1) is 0 Å². The highest BCUT2D eigenvalue weighted by Gasteiger charge is 2.14. The number of hydrogen-bond donors (Lipinski definition) is 2. The molecule has 0 atom stereocenters. The summed E-state index contributed by atoms with van der Waals surface area (Å²) < 4.78 is 6.65. The van der Waals surface area contributed by atoms with E-state index in [1.807, 2.05) is 55.5 Å². The Balaban J connectivity index is 1.55. The summed E-state index contributed by atoms with van der Waals surface area (Å²) in [6.45, 7) is 4.07. The first-order valence-corrected chi connectivity index (χ1v) is 11.0. The monoisotopic (exact) mass is 493 g/mol. The standard InChI is InChI=1S/C24H20BrN3O2S/c1-3-15-9-11-21-20(12-15)26-23(30-21)16-10-8-14(2)19(13-16)27-24(31)28-22(29)17-6-4-5-7-18(17)25/h4-13H,3H2,1-2H3,(H2,27,28,29,31). The summed E-state index contributed by atoms with van der Waals surface area (Å²) in [7, 11) is 0. The predicted octanol–water partition coefficient (Wildman–Crippen LogP) is 6.25. The fraction of sp³-hybridized carbons (Fsp3) is 0.125. The van der Waals surface area contributed by atoms with Gasteiger partial charge in [0.05, 0.1) is 5.56 Å². The lowest BCUT2D eigenvalue weighted by Gasteiger charge is -2.13. The highest BCUT2D eigenvalue weighted by atomic mass is 79.9. The van der Waals surface area contributed by atoms with Gasteiger partial charge in [-0.2, -0.15) is 0 Å². The van der Waals surface area contributed by atoms with E-state index in [0.717, 1.165) is 34.3 Å². The van der Waals surface area contributed by atoms with Gasteiger partial charge in [-0.3, -0.25) is 10.1 Å². The molecule has 0 aliphatic rings. The van der Waals surface area contributed by atoms with Crippen molar-refractivity contribution in [3.05, 3.63) is 81.8 Å². The minimum absolute atomic E-state index is 0.214. The molecule has 0 saturated carbocycles. The molecular weight excluding hydrogens is 474 g/mol. The van der Waals surface area contributed by atoms with Gasteiger partial charge in [0.1, 0.15) is 5.52 Å². The van der Waals surface area contributed by atoms with Crippen LogP contribution in [-0.4, -0.2) is 16.0 Å². The van der Waals surface area contributed by atoms with Gasteiger partial charge in [-0.05, 0) is 89.0 Å². The number of amides is 1. The first-order valence-electron chi connectivity index (χ1n) is 9.82. The van der Waals surface area contributed by atoms with Crippen LogP contribution in [0.25, 0.3) is 22.6 Å². The van der Waals surface area contributed by atoms with E-state index in [1.165, 1.54) is 5.56 Å². The Morgan fingerprint density at radius 2 is 1.94 bits per heavy atom. The Bertz CT molecular complexity index is 1300. The molecular formula is C24H20BrN3O2S. The van der Waals surface area contributed by atoms with E-state index in [9.17, 15) is 4.79 Å².